The van der Waals surface area contributed by atoms with Gasteiger partial charge in [0.1, 0.15) is 12.7 Å². The smallest absolute Gasteiger partial charge is 0.457 e. The molecule has 0 atom stereocenters. The van der Waals surface area contributed by atoms with E-state index < -0.39 is 10.2 Å². The molecule has 4 aromatic heterocycles. The Balaban J connectivity index is -0.000000356. The van der Waals surface area contributed by atoms with Gasteiger partial charge in [0.2, 0.25) is 11.6 Å². The Morgan fingerprint density at radius 3 is 1.29 bits per heavy atom. The van der Waals surface area contributed by atoms with E-state index in [1.54, 1.807) is 0 Å². The summed E-state index contributed by atoms with van der Waals surface area (Å²) >= 11 is 0. The summed E-state index contributed by atoms with van der Waals surface area (Å²) in [7, 11) is 0. The van der Waals surface area contributed by atoms with Crippen molar-refractivity contribution in [3.63, 3.8) is 0 Å². The van der Waals surface area contributed by atoms with E-state index in [1.165, 1.54) is 46.2 Å². The summed E-state index contributed by atoms with van der Waals surface area (Å²) in [6.07, 6.45) is 5.72. The van der Waals surface area contributed by atoms with Crippen molar-refractivity contribution in [1.29, 1.82) is 0 Å². The van der Waals surface area contributed by atoms with Crippen molar-refractivity contribution in [3.05, 3.63) is 88.5 Å². The molecule has 0 saturated heterocycles. The Morgan fingerprint density at radius 1 is 0.742 bits per heavy atom. The first kappa shape index (κ1) is 31.2. The zero-order valence-corrected chi connectivity index (χ0v) is 15.7. The number of hydrogen-bond acceptors (Lipinski definition) is 12. The fourth-order valence-electron chi connectivity index (χ4n) is 1.52. The third kappa shape index (κ3) is 11.2. The van der Waals surface area contributed by atoms with E-state index in [9.17, 15) is 9.59 Å². The molecule has 31 heavy (non-hydrogen) atoms. The van der Waals surface area contributed by atoms with Gasteiger partial charge in [-0.25, -0.2) is 0 Å². The molecule has 4 aromatic rings. The first-order valence-corrected chi connectivity index (χ1v) is 6.60. The van der Waals surface area contributed by atoms with Gasteiger partial charge < -0.3 is 51.6 Å². The van der Waals surface area contributed by atoms with Crippen LogP contribution < -0.4 is 11.1 Å². The topological polar surface area (TPSA) is 324 Å². The Labute approximate surface area is 178 Å². The summed E-state index contributed by atoms with van der Waals surface area (Å²) in [6, 6.07) is 2.78. The normalized spacial score (nSPS) is 8.26. The van der Waals surface area contributed by atoms with Crippen LogP contribution in [0, 0.1) is 30.6 Å². The largest absolute Gasteiger partial charge is 2.00 e. The number of nitrogens with zero attached hydrogens (tertiary/aromatic N) is 8. The number of H-pyrrole nitrogens is 2. The van der Waals surface area contributed by atoms with E-state index in [0.717, 1.165) is 0 Å². The van der Waals surface area contributed by atoms with Gasteiger partial charge >= 0.3 is 17.1 Å². The number of nitrogens with one attached hydrogen (secondary N) is 2. The zero-order valence-electron chi connectivity index (χ0n) is 14.8. The van der Waals surface area contributed by atoms with Crippen molar-refractivity contribution in [2.75, 3.05) is 0 Å². The number of rotatable bonds is 0. The molecule has 20 nitrogen and oxygen atoms in total. The molecule has 0 aliphatic heterocycles. The molecule has 173 valence electrons. The molecule has 0 bridgehead atoms. The molecular formula is C10H14CuN10O10+2. The SMILES string of the molecule is O=[N+]([O-])[O-].O=[N+]([O-])[O-].O=c1cc[nH]c2ncnn12.O=c1cc[nH]c2ncnn12.[Cu+2].[OH3+].[OH3+]. The van der Waals surface area contributed by atoms with Crippen LogP contribution in [0.2, 0.25) is 0 Å². The summed E-state index contributed by atoms with van der Waals surface area (Å²) in [6.45, 7) is 0. The van der Waals surface area contributed by atoms with E-state index >= 15 is 0 Å². The average molecular weight is 498 g/mol. The minimum absolute atomic E-state index is 0. The van der Waals surface area contributed by atoms with Crippen LogP contribution in [0.3, 0.4) is 0 Å². The quantitative estimate of drug-likeness (QED) is 0.103. The molecule has 0 fully saturated rings. The van der Waals surface area contributed by atoms with Crippen molar-refractivity contribution in [2.24, 2.45) is 0 Å². The molecule has 0 saturated carbocycles. The molecule has 8 N–H and O–H groups in total. The second kappa shape index (κ2) is 15.5. The van der Waals surface area contributed by atoms with Crippen LogP contribution in [0.25, 0.3) is 11.6 Å². The number of aromatic nitrogens is 8. The van der Waals surface area contributed by atoms with Crippen LogP contribution in [-0.2, 0) is 28.0 Å². The van der Waals surface area contributed by atoms with E-state index in [4.69, 9.17) is 30.6 Å². The van der Waals surface area contributed by atoms with Crippen LogP contribution in [0.4, 0.5) is 0 Å². The Morgan fingerprint density at radius 2 is 1.03 bits per heavy atom. The second-order valence-corrected chi connectivity index (χ2v) is 4.07. The van der Waals surface area contributed by atoms with Gasteiger partial charge in [-0.3, -0.25) is 9.59 Å². The molecule has 0 amide bonds. The van der Waals surface area contributed by atoms with Crippen molar-refractivity contribution in [3.8, 4) is 0 Å². The van der Waals surface area contributed by atoms with Gasteiger partial charge in [0, 0.05) is 24.5 Å². The van der Waals surface area contributed by atoms with Gasteiger partial charge in [0.15, 0.2) is 0 Å². The van der Waals surface area contributed by atoms with Crippen molar-refractivity contribution >= 4 is 11.6 Å². The zero-order chi connectivity index (χ0) is 21.1. The Bertz CT molecular complexity index is 1070. The fourth-order valence-corrected chi connectivity index (χ4v) is 1.52. The molecule has 1 radical (unpaired) electrons. The van der Waals surface area contributed by atoms with Crippen LogP contribution in [0.1, 0.15) is 0 Å². The van der Waals surface area contributed by atoms with E-state index in [1.807, 2.05) is 0 Å². The summed E-state index contributed by atoms with van der Waals surface area (Å²) in [4.78, 5) is 51.3. The summed E-state index contributed by atoms with van der Waals surface area (Å²) in [5.74, 6) is 0.931. The number of aromatic amines is 2. The van der Waals surface area contributed by atoms with Gasteiger partial charge in [-0.05, 0) is 0 Å². The fraction of sp³-hybridized carbons (Fsp3) is 0. The maximum absolute atomic E-state index is 10.9. The monoisotopic (exact) mass is 497 g/mol. The molecule has 0 unspecified atom stereocenters. The average Bonchev–Trinajstić information content (AvgIpc) is 3.24. The molecule has 0 aliphatic rings. The predicted molar refractivity (Wildman–Crippen MR) is 97.7 cm³/mol. The summed E-state index contributed by atoms with van der Waals surface area (Å²) in [5.41, 5.74) is -0.350. The number of hydrogen-bond donors (Lipinski definition) is 2. The minimum Gasteiger partial charge on any atom is -0.457 e. The number of fused-ring (bicyclic) bond motifs is 2. The van der Waals surface area contributed by atoms with Crippen LogP contribution in [-0.4, -0.2) is 49.3 Å². The van der Waals surface area contributed by atoms with Crippen LogP contribution in [0.15, 0.2) is 46.8 Å². The van der Waals surface area contributed by atoms with Crippen LogP contribution >= 0.6 is 0 Å². The summed E-state index contributed by atoms with van der Waals surface area (Å²) < 4.78 is 2.39. The van der Waals surface area contributed by atoms with Crippen molar-refractivity contribution < 1.29 is 38.2 Å². The molecule has 0 spiro atoms. The molecule has 0 aliphatic carbocycles. The minimum atomic E-state index is -1.75. The first-order valence-electron chi connectivity index (χ1n) is 6.60. The Hall–Kier alpha value is -4.46. The van der Waals surface area contributed by atoms with Gasteiger partial charge in [0.25, 0.3) is 11.1 Å². The predicted octanol–water partition coefficient (Wildman–Crippen LogP) is -3.49. The maximum Gasteiger partial charge on any atom is 2.00 e. The molecule has 4 heterocycles. The van der Waals surface area contributed by atoms with E-state index in [-0.39, 0.29) is 39.1 Å². The van der Waals surface area contributed by atoms with E-state index in [0.29, 0.717) is 11.6 Å². The molecular weight excluding hydrogens is 484 g/mol. The summed E-state index contributed by atoms with van der Waals surface area (Å²) in [5, 5.41) is 36.9. The third-order valence-electron chi connectivity index (χ3n) is 2.39. The molecule has 21 heteroatoms. The molecule has 0 aromatic carbocycles. The van der Waals surface area contributed by atoms with Crippen molar-refractivity contribution in [2.45, 2.75) is 0 Å². The van der Waals surface area contributed by atoms with Gasteiger partial charge in [-0.1, -0.05) is 0 Å². The standard InChI is InChI=1S/2C5H4N4O.Cu.2NO3.2H2O/c2*10-4-1-2-6-5-7-3-8-9(4)5;;2*2-1(3)4;;/h2*1-3H,(H,6,7,8);;;;2*1H2/q;;+2;2*-1;;/p+2. The van der Waals surface area contributed by atoms with Gasteiger partial charge in [-0.2, -0.15) is 29.2 Å². The molecule has 4 rings (SSSR count). The van der Waals surface area contributed by atoms with Gasteiger partial charge in [-0.15, -0.1) is 0 Å². The maximum atomic E-state index is 10.9. The second-order valence-electron chi connectivity index (χ2n) is 4.07. The van der Waals surface area contributed by atoms with Crippen molar-refractivity contribution in [1.82, 2.24) is 39.2 Å². The van der Waals surface area contributed by atoms with E-state index in [2.05, 4.69) is 30.1 Å². The third-order valence-corrected chi connectivity index (χ3v) is 2.39. The Kier molecular flexibility index (Phi) is 15.6. The van der Waals surface area contributed by atoms with Crippen LogP contribution in [0.5, 0.6) is 0 Å². The first-order chi connectivity index (χ1) is 13.2. The van der Waals surface area contributed by atoms with Gasteiger partial charge in [0.05, 0.1) is 10.2 Å².